The van der Waals surface area contributed by atoms with Crippen LogP contribution in [0.15, 0.2) is 48.7 Å². The summed E-state index contributed by atoms with van der Waals surface area (Å²) < 4.78 is 5.32. The minimum Gasteiger partial charge on any atom is -0.497 e. The molecule has 3 aromatic rings. The summed E-state index contributed by atoms with van der Waals surface area (Å²) in [6, 6.07) is 14.7. The first kappa shape index (κ1) is 25.9. The van der Waals surface area contributed by atoms with Gasteiger partial charge in [0.05, 0.1) is 18.8 Å². The maximum Gasteiger partial charge on any atom is 0.227 e. The maximum absolute atomic E-state index is 6.52. The number of hydrogen-bond donors (Lipinski definition) is 1. The number of hydrogen-bond acceptors (Lipinski definition) is 7. The zero-order valence-corrected chi connectivity index (χ0v) is 22.9. The number of rotatable bonds is 8. The van der Waals surface area contributed by atoms with Crippen molar-refractivity contribution in [1.82, 2.24) is 9.97 Å². The van der Waals surface area contributed by atoms with Gasteiger partial charge >= 0.3 is 0 Å². The SMILES string of the molecule is CCN(CC)c1ccc(Nc2nc(N3CCN(c4ccc(OC)cc4)C(C)(C)C3)ncc2Cl)c(C)c1. The smallest absolute Gasteiger partial charge is 0.227 e. The number of methoxy groups -OCH3 is 1. The monoisotopic (exact) mass is 508 g/mol. The van der Waals surface area contributed by atoms with Crippen LogP contribution in [0.2, 0.25) is 5.02 Å². The molecule has 0 radical (unpaired) electrons. The van der Waals surface area contributed by atoms with E-state index in [1.807, 2.05) is 12.1 Å². The molecule has 7 nitrogen and oxygen atoms in total. The van der Waals surface area contributed by atoms with Gasteiger partial charge in [0.25, 0.3) is 0 Å². The van der Waals surface area contributed by atoms with Gasteiger partial charge in [-0.25, -0.2) is 4.98 Å². The van der Waals surface area contributed by atoms with Gasteiger partial charge in [-0.05, 0) is 82.6 Å². The van der Waals surface area contributed by atoms with Gasteiger partial charge in [0.1, 0.15) is 10.8 Å². The molecule has 1 fully saturated rings. The van der Waals surface area contributed by atoms with E-state index in [4.69, 9.17) is 21.3 Å². The molecule has 1 aromatic heterocycles. The molecule has 0 bridgehead atoms. The van der Waals surface area contributed by atoms with Crippen LogP contribution in [0.25, 0.3) is 0 Å². The Morgan fingerprint density at radius 3 is 2.42 bits per heavy atom. The summed E-state index contributed by atoms with van der Waals surface area (Å²) in [5.41, 5.74) is 4.42. The van der Waals surface area contributed by atoms with Crippen molar-refractivity contribution in [3.63, 3.8) is 0 Å². The van der Waals surface area contributed by atoms with E-state index < -0.39 is 0 Å². The Morgan fingerprint density at radius 1 is 1.08 bits per heavy atom. The minimum absolute atomic E-state index is 0.111. The Hall–Kier alpha value is -3.19. The summed E-state index contributed by atoms with van der Waals surface area (Å²) in [7, 11) is 1.69. The number of nitrogens with one attached hydrogen (secondary N) is 1. The van der Waals surface area contributed by atoms with Crippen LogP contribution in [-0.4, -0.2) is 55.3 Å². The first-order valence-corrected chi connectivity index (χ1v) is 12.9. The van der Waals surface area contributed by atoms with Crippen molar-refractivity contribution in [2.75, 3.05) is 59.9 Å². The molecule has 1 N–H and O–H groups in total. The second-order valence-electron chi connectivity index (χ2n) is 9.75. The zero-order chi connectivity index (χ0) is 25.9. The molecule has 1 saturated heterocycles. The molecule has 1 aliphatic rings. The van der Waals surface area contributed by atoms with Gasteiger partial charge in [-0.3, -0.25) is 0 Å². The highest BCUT2D eigenvalue weighted by molar-refractivity contribution is 6.32. The lowest BCUT2D eigenvalue weighted by Gasteiger charge is -2.48. The first-order chi connectivity index (χ1) is 17.2. The second kappa shape index (κ2) is 10.8. The summed E-state index contributed by atoms with van der Waals surface area (Å²) >= 11 is 6.52. The van der Waals surface area contributed by atoms with Crippen molar-refractivity contribution < 1.29 is 4.74 Å². The van der Waals surface area contributed by atoms with Gasteiger partial charge in [0.2, 0.25) is 5.95 Å². The Kier molecular flexibility index (Phi) is 7.79. The predicted octanol–water partition coefficient (Wildman–Crippen LogP) is 6.14. The molecule has 4 rings (SSSR count). The van der Waals surface area contributed by atoms with Crippen LogP contribution < -0.4 is 24.8 Å². The second-order valence-corrected chi connectivity index (χ2v) is 10.2. The lowest BCUT2D eigenvalue weighted by molar-refractivity contribution is 0.408. The van der Waals surface area contributed by atoms with Gasteiger partial charge in [-0.1, -0.05) is 11.6 Å². The Balaban J connectivity index is 1.51. The average molecular weight is 509 g/mol. The summed E-state index contributed by atoms with van der Waals surface area (Å²) in [4.78, 5) is 16.4. The van der Waals surface area contributed by atoms with Gasteiger partial charge in [0, 0.05) is 49.8 Å². The highest BCUT2D eigenvalue weighted by Crippen LogP contribution is 2.33. The zero-order valence-electron chi connectivity index (χ0n) is 22.2. The van der Waals surface area contributed by atoms with Crippen LogP contribution in [0.4, 0.5) is 28.8 Å². The van der Waals surface area contributed by atoms with Crippen molar-refractivity contribution in [2.45, 2.75) is 40.2 Å². The van der Waals surface area contributed by atoms with Gasteiger partial charge in [-0.2, -0.15) is 4.98 Å². The fourth-order valence-electron chi connectivity index (χ4n) is 4.87. The Morgan fingerprint density at radius 2 is 1.81 bits per heavy atom. The summed E-state index contributed by atoms with van der Waals surface area (Å²) in [6.45, 7) is 15.4. The molecule has 0 saturated carbocycles. The number of anilines is 5. The standard InChI is InChI=1S/C28H37ClN6O/c1-7-33(8-2)22-11-14-25(20(3)17-22)31-26-24(29)18-30-27(32-26)34-15-16-35(28(4,5)19-34)21-9-12-23(36-6)13-10-21/h9-14,17-18H,7-8,15-16,19H2,1-6H3,(H,30,31,32). The highest BCUT2D eigenvalue weighted by Gasteiger charge is 2.35. The number of aromatic nitrogens is 2. The summed E-state index contributed by atoms with van der Waals surface area (Å²) in [6.07, 6.45) is 1.69. The van der Waals surface area contributed by atoms with E-state index in [0.29, 0.717) is 16.8 Å². The van der Waals surface area contributed by atoms with Crippen LogP contribution in [0, 0.1) is 6.92 Å². The Labute approximate surface area is 220 Å². The van der Waals surface area contributed by atoms with E-state index >= 15 is 0 Å². The molecule has 0 amide bonds. The third-order valence-electron chi connectivity index (χ3n) is 6.89. The number of nitrogens with zero attached hydrogens (tertiary/aromatic N) is 5. The molecule has 8 heteroatoms. The van der Waals surface area contributed by atoms with E-state index in [1.54, 1.807) is 13.3 Å². The molecule has 36 heavy (non-hydrogen) atoms. The summed E-state index contributed by atoms with van der Waals surface area (Å²) in [5, 5.41) is 3.94. The maximum atomic E-state index is 6.52. The van der Waals surface area contributed by atoms with Crippen LogP contribution >= 0.6 is 11.6 Å². The number of aryl methyl sites for hydroxylation is 1. The van der Waals surface area contributed by atoms with Crippen LogP contribution in [-0.2, 0) is 0 Å². The van der Waals surface area contributed by atoms with Crippen molar-refractivity contribution in [1.29, 1.82) is 0 Å². The number of piperazine rings is 1. The van der Waals surface area contributed by atoms with Crippen molar-refractivity contribution >= 4 is 40.4 Å². The van der Waals surface area contributed by atoms with Gasteiger partial charge < -0.3 is 24.8 Å². The van der Waals surface area contributed by atoms with E-state index in [1.165, 1.54) is 11.4 Å². The first-order valence-electron chi connectivity index (χ1n) is 12.6. The fraction of sp³-hybridized carbons (Fsp3) is 0.429. The van der Waals surface area contributed by atoms with Gasteiger partial charge in [-0.15, -0.1) is 0 Å². The van der Waals surface area contributed by atoms with E-state index in [0.717, 1.165) is 49.7 Å². The molecule has 0 aliphatic carbocycles. The molecule has 0 spiro atoms. The molecule has 2 heterocycles. The lowest BCUT2D eigenvalue weighted by atomic mass is 9.98. The van der Waals surface area contributed by atoms with Crippen LogP contribution in [0.1, 0.15) is 33.3 Å². The molecular formula is C28H37ClN6O. The van der Waals surface area contributed by atoms with Crippen LogP contribution in [0.5, 0.6) is 5.75 Å². The lowest BCUT2D eigenvalue weighted by Crippen LogP contribution is -2.60. The third kappa shape index (κ3) is 5.46. The van der Waals surface area contributed by atoms with Crippen LogP contribution in [0.3, 0.4) is 0 Å². The number of halogens is 1. The Bertz CT molecular complexity index is 1180. The molecule has 0 unspecified atom stereocenters. The largest absolute Gasteiger partial charge is 0.497 e. The number of ether oxygens (including phenoxy) is 1. The van der Waals surface area contributed by atoms with E-state index in [9.17, 15) is 0 Å². The topological polar surface area (TPSA) is 56.8 Å². The molecule has 0 atom stereocenters. The average Bonchev–Trinajstić information content (AvgIpc) is 2.87. The summed E-state index contributed by atoms with van der Waals surface area (Å²) in [5.74, 6) is 2.17. The minimum atomic E-state index is -0.111. The van der Waals surface area contributed by atoms with E-state index in [-0.39, 0.29) is 5.54 Å². The van der Waals surface area contributed by atoms with Crippen molar-refractivity contribution in [2.24, 2.45) is 0 Å². The number of benzene rings is 2. The normalized spacial score (nSPS) is 15.1. The predicted molar refractivity (Wildman–Crippen MR) is 152 cm³/mol. The van der Waals surface area contributed by atoms with E-state index in [2.05, 4.69) is 90.0 Å². The quantitative estimate of drug-likeness (QED) is 0.392. The fourth-order valence-corrected chi connectivity index (χ4v) is 5.00. The highest BCUT2D eigenvalue weighted by atomic mass is 35.5. The molecule has 1 aliphatic heterocycles. The molecule has 2 aromatic carbocycles. The molecular weight excluding hydrogens is 472 g/mol. The van der Waals surface area contributed by atoms with Crippen molar-refractivity contribution in [3.8, 4) is 5.75 Å². The third-order valence-corrected chi connectivity index (χ3v) is 7.17. The molecule has 192 valence electrons. The van der Waals surface area contributed by atoms with Gasteiger partial charge in [0.15, 0.2) is 5.82 Å². The van der Waals surface area contributed by atoms with Crippen molar-refractivity contribution in [3.05, 3.63) is 59.2 Å².